The van der Waals surface area contributed by atoms with Gasteiger partial charge in [-0.05, 0) is 81.0 Å². The summed E-state index contributed by atoms with van der Waals surface area (Å²) in [6.45, 7) is 1.81. The largest absolute Gasteiger partial charge is 0.383 e. The molecule has 5 nitrogen and oxygen atoms in total. The third kappa shape index (κ3) is 3.40. The topological polar surface area (TPSA) is 49.9 Å². The maximum absolute atomic E-state index is 13.0. The highest BCUT2D eigenvalue weighted by Gasteiger charge is 2.50. The molecule has 0 radical (unpaired) electrons. The maximum Gasteiger partial charge on any atom is 0.282 e. The van der Waals surface area contributed by atoms with E-state index in [2.05, 4.69) is 0 Å². The van der Waals surface area contributed by atoms with Crippen molar-refractivity contribution in [3.63, 3.8) is 0 Å². The zero-order valence-corrected chi connectivity index (χ0v) is 16.6. The summed E-state index contributed by atoms with van der Waals surface area (Å²) in [5, 5.41) is 0. The number of rotatable bonds is 7. The minimum atomic E-state index is -3.36. The van der Waals surface area contributed by atoms with Gasteiger partial charge in [-0.3, -0.25) is 0 Å². The van der Waals surface area contributed by atoms with E-state index in [-0.39, 0.29) is 6.04 Å². The van der Waals surface area contributed by atoms with Gasteiger partial charge in [-0.2, -0.15) is 17.0 Å². The highest BCUT2D eigenvalue weighted by Crippen LogP contribution is 2.61. The van der Waals surface area contributed by atoms with Gasteiger partial charge in [0.2, 0.25) is 0 Å². The molecule has 144 valence electrons. The molecule has 4 aliphatic carbocycles. The highest BCUT2D eigenvalue weighted by atomic mass is 32.2. The summed E-state index contributed by atoms with van der Waals surface area (Å²) in [4.78, 5) is 0. The van der Waals surface area contributed by atoms with E-state index in [4.69, 9.17) is 4.74 Å². The van der Waals surface area contributed by atoms with Crippen molar-refractivity contribution in [3.8, 4) is 0 Å². The van der Waals surface area contributed by atoms with Crippen molar-refractivity contribution in [2.45, 2.75) is 63.8 Å². The Hall–Kier alpha value is -0.170. The first-order valence-corrected chi connectivity index (χ1v) is 11.5. The van der Waals surface area contributed by atoms with Gasteiger partial charge in [-0.15, -0.1) is 0 Å². The highest BCUT2D eigenvalue weighted by molar-refractivity contribution is 7.86. The molecule has 25 heavy (non-hydrogen) atoms. The van der Waals surface area contributed by atoms with E-state index < -0.39 is 10.2 Å². The fourth-order valence-corrected chi connectivity index (χ4v) is 8.34. The number of hydrogen-bond acceptors (Lipinski definition) is 3. The average molecular weight is 371 g/mol. The third-order valence-electron chi connectivity index (χ3n) is 7.49. The van der Waals surface area contributed by atoms with Crippen LogP contribution in [0, 0.1) is 23.2 Å². The number of hydrogen-bond donors (Lipinski definition) is 0. The van der Waals surface area contributed by atoms with Crippen molar-refractivity contribution < 1.29 is 13.2 Å². The van der Waals surface area contributed by atoms with Crippen LogP contribution >= 0.6 is 0 Å². The molecular weight excluding hydrogens is 336 g/mol. The van der Waals surface area contributed by atoms with Gasteiger partial charge in [0.05, 0.1) is 6.61 Å². The van der Waals surface area contributed by atoms with E-state index in [1.165, 1.54) is 38.5 Å². The summed E-state index contributed by atoms with van der Waals surface area (Å²) in [6.07, 6.45) is 11.3. The Bertz CT molecular complexity index is 556. The summed E-state index contributed by atoms with van der Waals surface area (Å²) >= 11 is 0. The van der Waals surface area contributed by atoms with Crippen molar-refractivity contribution in [3.05, 3.63) is 0 Å². The van der Waals surface area contributed by atoms with Gasteiger partial charge in [0, 0.05) is 33.3 Å². The summed E-state index contributed by atoms with van der Waals surface area (Å²) < 4.78 is 34.6. The van der Waals surface area contributed by atoms with Crippen LogP contribution in [0.3, 0.4) is 0 Å². The summed E-state index contributed by atoms with van der Waals surface area (Å²) in [5.41, 5.74) is 0.440. The van der Waals surface area contributed by atoms with Gasteiger partial charge in [0.1, 0.15) is 0 Å². The second-order valence-corrected chi connectivity index (χ2v) is 11.3. The molecule has 6 heteroatoms. The molecule has 0 aromatic heterocycles. The second-order valence-electron chi connectivity index (χ2n) is 9.36. The first-order chi connectivity index (χ1) is 11.9. The predicted octanol–water partition coefficient (Wildman–Crippen LogP) is 2.88. The molecule has 1 atom stereocenters. The van der Waals surface area contributed by atoms with Crippen molar-refractivity contribution in [1.29, 1.82) is 0 Å². The third-order valence-corrected chi connectivity index (χ3v) is 9.54. The molecule has 4 bridgehead atoms. The van der Waals surface area contributed by atoms with Crippen LogP contribution in [0.15, 0.2) is 0 Å². The molecule has 0 aromatic rings. The lowest BCUT2D eigenvalue weighted by Gasteiger charge is -2.57. The van der Waals surface area contributed by atoms with Gasteiger partial charge in [0.15, 0.2) is 0 Å². The van der Waals surface area contributed by atoms with E-state index in [0.29, 0.717) is 25.1 Å². The van der Waals surface area contributed by atoms with Gasteiger partial charge in [0.25, 0.3) is 10.2 Å². The monoisotopic (exact) mass is 370 g/mol. The lowest BCUT2D eigenvalue weighted by molar-refractivity contribution is -0.0584. The van der Waals surface area contributed by atoms with Gasteiger partial charge >= 0.3 is 0 Å². The SMILES string of the molecule is COCC1CCCN1S(=O)(=O)N(C)CCC12CC3CC(CC(C3)C1)C2. The Morgan fingerprint density at radius 3 is 2.28 bits per heavy atom. The van der Waals surface area contributed by atoms with Gasteiger partial charge < -0.3 is 4.74 Å². The first kappa shape index (κ1) is 18.2. The summed E-state index contributed by atoms with van der Waals surface area (Å²) in [5.74, 6) is 2.79. The van der Waals surface area contributed by atoms with Crippen molar-refractivity contribution in [2.75, 3.05) is 33.9 Å². The zero-order valence-electron chi connectivity index (χ0n) is 15.8. The summed E-state index contributed by atoms with van der Waals surface area (Å²) in [7, 11) is 0.0715. The zero-order chi connectivity index (χ0) is 17.7. The van der Waals surface area contributed by atoms with E-state index in [1.807, 2.05) is 0 Å². The Kier molecular flexibility index (Phi) is 4.93. The maximum atomic E-state index is 13.0. The molecule has 0 aromatic carbocycles. The molecule has 0 spiro atoms. The molecule has 1 heterocycles. The average Bonchev–Trinajstić information content (AvgIpc) is 3.01. The minimum absolute atomic E-state index is 0.0111. The van der Waals surface area contributed by atoms with Crippen LogP contribution in [-0.2, 0) is 14.9 Å². The second kappa shape index (κ2) is 6.77. The van der Waals surface area contributed by atoms with Crippen molar-refractivity contribution >= 4 is 10.2 Å². The van der Waals surface area contributed by atoms with Crippen LogP contribution in [0.4, 0.5) is 0 Å². The molecule has 1 aliphatic heterocycles. The lowest BCUT2D eigenvalue weighted by Crippen LogP contribution is -2.49. The Balaban J connectivity index is 1.39. The van der Waals surface area contributed by atoms with Gasteiger partial charge in [-0.1, -0.05) is 0 Å². The normalized spacial score (nSPS) is 41.1. The van der Waals surface area contributed by atoms with E-state index in [0.717, 1.165) is 37.0 Å². The van der Waals surface area contributed by atoms with E-state index in [9.17, 15) is 8.42 Å². The van der Waals surface area contributed by atoms with Crippen LogP contribution < -0.4 is 0 Å². The molecule has 5 fully saturated rings. The van der Waals surface area contributed by atoms with Crippen molar-refractivity contribution in [1.82, 2.24) is 8.61 Å². The predicted molar refractivity (Wildman–Crippen MR) is 98.4 cm³/mol. The molecule has 0 amide bonds. The van der Waals surface area contributed by atoms with Crippen LogP contribution in [0.25, 0.3) is 0 Å². The quantitative estimate of drug-likeness (QED) is 0.692. The van der Waals surface area contributed by atoms with Gasteiger partial charge in [-0.25, -0.2) is 0 Å². The first-order valence-electron chi connectivity index (χ1n) is 10.1. The lowest BCUT2D eigenvalue weighted by atomic mass is 9.49. The van der Waals surface area contributed by atoms with Crippen LogP contribution in [0.2, 0.25) is 0 Å². The molecule has 0 N–H and O–H groups in total. The molecule has 1 unspecified atom stereocenters. The fraction of sp³-hybridized carbons (Fsp3) is 1.00. The van der Waals surface area contributed by atoms with E-state index in [1.54, 1.807) is 22.8 Å². The Morgan fingerprint density at radius 1 is 1.12 bits per heavy atom. The summed E-state index contributed by atoms with van der Waals surface area (Å²) in [6, 6.07) is 0.0111. The Morgan fingerprint density at radius 2 is 1.72 bits per heavy atom. The molecule has 4 saturated carbocycles. The molecule has 5 rings (SSSR count). The number of nitrogens with zero attached hydrogens (tertiary/aromatic N) is 2. The smallest absolute Gasteiger partial charge is 0.282 e. The molecular formula is C19H34N2O3S. The van der Waals surface area contributed by atoms with Crippen LogP contribution in [-0.4, -0.2) is 56.9 Å². The molecule has 1 saturated heterocycles. The van der Waals surface area contributed by atoms with Crippen molar-refractivity contribution in [2.24, 2.45) is 23.2 Å². The molecule has 5 aliphatic rings. The van der Waals surface area contributed by atoms with Crippen LogP contribution in [0.1, 0.15) is 57.8 Å². The van der Waals surface area contributed by atoms with E-state index >= 15 is 0 Å². The minimum Gasteiger partial charge on any atom is -0.383 e. The van der Waals surface area contributed by atoms with Crippen LogP contribution in [0.5, 0.6) is 0 Å². The number of ether oxygens (including phenoxy) is 1. The fourth-order valence-electron chi connectivity index (χ4n) is 6.76. The standard InChI is InChI=1S/C19H34N2O3S/c1-20(25(22,23)21-6-3-4-18(21)14-24-2)7-5-19-11-15-8-16(12-19)10-17(9-15)13-19/h15-18H,3-14H2,1-2H3. The Labute approximate surface area is 153 Å². The number of methoxy groups -OCH3 is 1.